The number of hydrogen-bond donors (Lipinski definition) is 2. The van der Waals surface area contributed by atoms with Crippen LogP contribution in [0.3, 0.4) is 0 Å². The summed E-state index contributed by atoms with van der Waals surface area (Å²) in [6.07, 6.45) is 1.77. The van der Waals surface area contributed by atoms with Crippen molar-refractivity contribution in [1.82, 2.24) is 15.0 Å². The van der Waals surface area contributed by atoms with Gasteiger partial charge >= 0.3 is 0 Å². The number of nitrogens with one attached hydrogen (secondary N) is 2. The Bertz CT molecular complexity index is 774. The van der Waals surface area contributed by atoms with E-state index in [1.165, 1.54) is 5.69 Å². The second kappa shape index (κ2) is 6.05. The van der Waals surface area contributed by atoms with Gasteiger partial charge in [0.05, 0.1) is 11.0 Å². The summed E-state index contributed by atoms with van der Waals surface area (Å²) in [5, 5.41) is 3.25. The first-order valence-corrected chi connectivity index (χ1v) is 7.64. The van der Waals surface area contributed by atoms with Crippen LogP contribution in [0, 0.1) is 6.92 Å². The topological polar surface area (TPSA) is 56.8 Å². The summed E-state index contributed by atoms with van der Waals surface area (Å²) in [6.45, 7) is 8.34. The zero-order valence-electron chi connectivity index (χ0n) is 13.2. The summed E-state index contributed by atoms with van der Waals surface area (Å²) in [7, 11) is 0. The van der Waals surface area contributed by atoms with Gasteiger partial charge in [0.1, 0.15) is 5.82 Å². The molecule has 0 aliphatic carbocycles. The highest BCUT2D eigenvalue weighted by Gasteiger charge is 2.08. The molecule has 1 aromatic carbocycles. The molecule has 22 heavy (non-hydrogen) atoms. The van der Waals surface area contributed by atoms with Gasteiger partial charge in [0, 0.05) is 25.0 Å². The standard InChI is InChI=1S/C17H21N5/c1-4-22(5-2)13-8-9-14-15(11-13)20-17(19-14)21-16-12(3)7-6-10-18-16/h6-11H,4-5H2,1-3H3,(H2,18,19,20,21). The Labute approximate surface area is 130 Å². The van der Waals surface area contributed by atoms with Crippen LogP contribution >= 0.6 is 0 Å². The first-order chi connectivity index (χ1) is 10.7. The highest BCUT2D eigenvalue weighted by molar-refractivity contribution is 5.82. The quantitative estimate of drug-likeness (QED) is 0.750. The van der Waals surface area contributed by atoms with Crippen LogP contribution in [-0.2, 0) is 0 Å². The Morgan fingerprint density at radius 1 is 1.18 bits per heavy atom. The van der Waals surface area contributed by atoms with Crippen LogP contribution in [-0.4, -0.2) is 28.0 Å². The van der Waals surface area contributed by atoms with Crippen LogP contribution < -0.4 is 10.2 Å². The molecule has 0 amide bonds. The van der Waals surface area contributed by atoms with Gasteiger partial charge in [0.2, 0.25) is 5.95 Å². The van der Waals surface area contributed by atoms with Crippen LogP contribution in [0.5, 0.6) is 0 Å². The minimum atomic E-state index is 0.716. The van der Waals surface area contributed by atoms with Crippen molar-refractivity contribution >= 4 is 28.5 Å². The number of fused-ring (bicyclic) bond motifs is 1. The van der Waals surface area contributed by atoms with Crippen molar-refractivity contribution in [2.45, 2.75) is 20.8 Å². The van der Waals surface area contributed by atoms with Crippen LogP contribution in [0.4, 0.5) is 17.5 Å². The summed E-state index contributed by atoms with van der Waals surface area (Å²) in [4.78, 5) is 14.6. The molecule has 114 valence electrons. The van der Waals surface area contributed by atoms with Crippen LogP contribution in [0.1, 0.15) is 19.4 Å². The van der Waals surface area contributed by atoms with E-state index in [0.717, 1.165) is 35.5 Å². The third-order valence-corrected chi connectivity index (χ3v) is 3.84. The van der Waals surface area contributed by atoms with E-state index < -0.39 is 0 Å². The van der Waals surface area contributed by atoms with Gasteiger partial charge in [0.25, 0.3) is 0 Å². The second-order valence-electron chi connectivity index (χ2n) is 5.25. The van der Waals surface area contributed by atoms with Crippen LogP contribution in [0.25, 0.3) is 11.0 Å². The Kier molecular flexibility index (Phi) is 3.96. The predicted octanol–water partition coefficient (Wildman–Crippen LogP) is 3.86. The molecular formula is C17H21N5. The zero-order chi connectivity index (χ0) is 15.5. The number of aromatic nitrogens is 3. The fraction of sp³-hybridized carbons (Fsp3) is 0.294. The first-order valence-electron chi connectivity index (χ1n) is 7.64. The largest absolute Gasteiger partial charge is 0.372 e. The monoisotopic (exact) mass is 295 g/mol. The lowest BCUT2D eigenvalue weighted by molar-refractivity contribution is 0.867. The van der Waals surface area contributed by atoms with Gasteiger partial charge in [0.15, 0.2) is 0 Å². The highest BCUT2D eigenvalue weighted by atomic mass is 15.2. The number of hydrogen-bond acceptors (Lipinski definition) is 4. The second-order valence-corrected chi connectivity index (χ2v) is 5.25. The minimum absolute atomic E-state index is 0.716. The normalized spacial score (nSPS) is 10.9. The lowest BCUT2D eigenvalue weighted by atomic mass is 10.2. The van der Waals surface area contributed by atoms with Gasteiger partial charge in [-0.05, 0) is 50.6 Å². The molecule has 2 heterocycles. The molecule has 2 N–H and O–H groups in total. The molecule has 0 saturated carbocycles. The van der Waals surface area contributed by atoms with Crippen LogP contribution in [0.15, 0.2) is 36.5 Å². The molecule has 3 aromatic rings. The van der Waals surface area contributed by atoms with Crippen molar-refractivity contribution in [2.24, 2.45) is 0 Å². The summed E-state index contributed by atoms with van der Waals surface area (Å²) in [5.41, 5.74) is 4.28. The lowest BCUT2D eigenvalue weighted by Gasteiger charge is -2.20. The average molecular weight is 295 g/mol. The molecule has 0 spiro atoms. The molecule has 0 unspecified atom stereocenters. The summed E-state index contributed by atoms with van der Waals surface area (Å²) in [5.74, 6) is 1.54. The van der Waals surface area contributed by atoms with E-state index in [0.29, 0.717) is 5.95 Å². The molecule has 5 heteroatoms. The number of aromatic amines is 1. The molecule has 0 bridgehead atoms. The third-order valence-electron chi connectivity index (χ3n) is 3.84. The molecular weight excluding hydrogens is 274 g/mol. The van der Waals surface area contributed by atoms with Crippen molar-refractivity contribution in [3.05, 3.63) is 42.1 Å². The number of anilines is 3. The number of benzene rings is 1. The van der Waals surface area contributed by atoms with E-state index in [1.807, 2.05) is 19.1 Å². The zero-order valence-corrected chi connectivity index (χ0v) is 13.2. The van der Waals surface area contributed by atoms with Crippen molar-refractivity contribution < 1.29 is 0 Å². The summed E-state index contributed by atoms with van der Waals surface area (Å²) in [6, 6.07) is 10.3. The lowest BCUT2D eigenvalue weighted by Crippen LogP contribution is -2.21. The molecule has 0 saturated heterocycles. The Morgan fingerprint density at radius 2 is 2.00 bits per heavy atom. The number of aryl methyl sites for hydroxylation is 1. The predicted molar refractivity (Wildman–Crippen MR) is 91.9 cm³/mol. The van der Waals surface area contributed by atoms with Gasteiger partial charge in [-0.3, -0.25) is 0 Å². The fourth-order valence-corrected chi connectivity index (χ4v) is 2.57. The third kappa shape index (κ3) is 2.74. The maximum Gasteiger partial charge on any atom is 0.206 e. The first kappa shape index (κ1) is 14.4. The highest BCUT2D eigenvalue weighted by Crippen LogP contribution is 2.23. The molecule has 0 radical (unpaired) electrons. The maximum absolute atomic E-state index is 4.58. The number of H-pyrrole nitrogens is 1. The molecule has 2 aromatic heterocycles. The molecule has 0 aliphatic rings. The van der Waals surface area contributed by atoms with E-state index in [9.17, 15) is 0 Å². The Balaban J connectivity index is 1.91. The van der Waals surface area contributed by atoms with Crippen molar-refractivity contribution in [3.8, 4) is 0 Å². The molecule has 3 rings (SSSR count). The number of rotatable bonds is 5. The minimum Gasteiger partial charge on any atom is -0.372 e. The van der Waals surface area contributed by atoms with Gasteiger partial charge in [-0.15, -0.1) is 0 Å². The smallest absolute Gasteiger partial charge is 0.206 e. The van der Waals surface area contributed by atoms with E-state index in [1.54, 1.807) is 6.20 Å². The van der Waals surface area contributed by atoms with Gasteiger partial charge in [-0.25, -0.2) is 9.97 Å². The molecule has 0 aliphatic heterocycles. The van der Waals surface area contributed by atoms with Gasteiger partial charge in [-0.1, -0.05) is 6.07 Å². The van der Waals surface area contributed by atoms with Crippen molar-refractivity contribution in [1.29, 1.82) is 0 Å². The number of imidazole rings is 1. The summed E-state index contributed by atoms with van der Waals surface area (Å²) < 4.78 is 0. The Hall–Kier alpha value is -2.56. The maximum atomic E-state index is 4.58. The van der Waals surface area contributed by atoms with E-state index in [-0.39, 0.29) is 0 Å². The van der Waals surface area contributed by atoms with Crippen LogP contribution in [0.2, 0.25) is 0 Å². The molecule has 0 atom stereocenters. The van der Waals surface area contributed by atoms with E-state index in [4.69, 9.17) is 0 Å². The fourth-order valence-electron chi connectivity index (χ4n) is 2.57. The SMILES string of the molecule is CCN(CC)c1ccc2nc(Nc3ncccc3C)[nH]c2c1. The summed E-state index contributed by atoms with van der Waals surface area (Å²) >= 11 is 0. The van der Waals surface area contributed by atoms with Gasteiger partial charge in [-0.2, -0.15) is 0 Å². The number of pyridine rings is 1. The van der Waals surface area contributed by atoms with Crippen molar-refractivity contribution in [3.63, 3.8) is 0 Å². The number of nitrogens with zero attached hydrogens (tertiary/aromatic N) is 3. The van der Waals surface area contributed by atoms with Gasteiger partial charge < -0.3 is 15.2 Å². The Morgan fingerprint density at radius 3 is 2.73 bits per heavy atom. The molecule has 5 nitrogen and oxygen atoms in total. The van der Waals surface area contributed by atoms with Crippen molar-refractivity contribution in [2.75, 3.05) is 23.3 Å². The van der Waals surface area contributed by atoms with E-state index in [2.05, 4.69) is 57.2 Å². The average Bonchev–Trinajstić information content (AvgIpc) is 2.92. The van der Waals surface area contributed by atoms with E-state index >= 15 is 0 Å². The molecule has 0 fully saturated rings.